The average molecular weight is 685 g/mol. The molecule has 0 aliphatic carbocycles. The molecular formula is C34H60N4O10. The van der Waals surface area contributed by atoms with Crippen molar-refractivity contribution >= 4 is 23.8 Å². The lowest BCUT2D eigenvalue weighted by Gasteiger charge is -2.47. The fourth-order valence-corrected chi connectivity index (χ4v) is 7.57. The Hall–Kier alpha value is -2.36. The highest BCUT2D eigenvalue weighted by atomic mass is 16.7. The van der Waals surface area contributed by atoms with Crippen molar-refractivity contribution in [1.29, 1.82) is 0 Å². The number of aliphatic hydroxyl groups is 1. The second-order valence-electron chi connectivity index (χ2n) is 14.8. The molecule has 0 aromatic carbocycles. The Morgan fingerprint density at radius 1 is 1.10 bits per heavy atom. The molecule has 0 bridgehead atoms. The van der Waals surface area contributed by atoms with Gasteiger partial charge in [0.2, 0.25) is 5.91 Å². The third-order valence-corrected chi connectivity index (χ3v) is 10.7. The van der Waals surface area contributed by atoms with Crippen LogP contribution in [0.2, 0.25) is 0 Å². The molecule has 0 spiro atoms. The predicted molar refractivity (Wildman–Crippen MR) is 177 cm³/mol. The molecule has 0 saturated carbocycles. The van der Waals surface area contributed by atoms with Crippen LogP contribution in [-0.2, 0) is 38.1 Å². The minimum absolute atomic E-state index is 0.0128. The minimum atomic E-state index is -1.19. The van der Waals surface area contributed by atoms with Gasteiger partial charge in [-0.05, 0) is 73.5 Å². The number of esters is 1. The third kappa shape index (κ3) is 8.67. The van der Waals surface area contributed by atoms with Gasteiger partial charge in [0.1, 0.15) is 18.1 Å². The number of fused-ring (bicyclic) bond motifs is 1. The molecule has 5 unspecified atom stereocenters. The zero-order valence-corrected chi connectivity index (χ0v) is 30.9. The number of hydrogen-bond donors (Lipinski definition) is 3. The van der Waals surface area contributed by atoms with Gasteiger partial charge in [0.05, 0.1) is 23.9 Å². The van der Waals surface area contributed by atoms with E-state index in [1.54, 1.807) is 32.9 Å². The Morgan fingerprint density at radius 2 is 1.75 bits per heavy atom. The third-order valence-electron chi connectivity index (χ3n) is 10.7. The Bertz CT molecular complexity index is 1160. The van der Waals surface area contributed by atoms with Crippen LogP contribution in [0.25, 0.3) is 0 Å². The quantitative estimate of drug-likeness (QED) is 0.263. The summed E-state index contributed by atoms with van der Waals surface area (Å²) in [7, 11) is 6.95. The first-order chi connectivity index (χ1) is 22.3. The molecule has 13 atom stereocenters. The molecule has 14 heteroatoms. The molecule has 276 valence electrons. The van der Waals surface area contributed by atoms with E-state index in [0.717, 1.165) is 0 Å². The predicted octanol–water partition coefficient (Wildman–Crippen LogP) is 1.71. The van der Waals surface area contributed by atoms with Gasteiger partial charge in [0.25, 0.3) is 0 Å². The number of rotatable bonds is 7. The largest absolute Gasteiger partial charge is 0.458 e. The summed E-state index contributed by atoms with van der Waals surface area (Å²) >= 11 is 0. The van der Waals surface area contributed by atoms with Crippen molar-refractivity contribution in [2.45, 2.75) is 135 Å². The molecule has 2 amide bonds. The smallest absolute Gasteiger partial charge is 0.408 e. The molecular weight excluding hydrogens is 624 g/mol. The Morgan fingerprint density at radius 3 is 2.31 bits per heavy atom. The van der Waals surface area contributed by atoms with Crippen LogP contribution in [0, 0.1) is 17.8 Å². The number of aliphatic hydroxyl groups excluding tert-OH is 1. The van der Waals surface area contributed by atoms with Crippen LogP contribution in [0.3, 0.4) is 0 Å². The van der Waals surface area contributed by atoms with Crippen LogP contribution >= 0.6 is 0 Å². The average Bonchev–Trinajstić information content (AvgIpc) is 3.34. The Balaban J connectivity index is 2.03. The molecule has 3 rings (SSSR count). The van der Waals surface area contributed by atoms with Gasteiger partial charge in [0, 0.05) is 45.6 Å². The van der Waals surface area contributed by atoms with E-state index in [2.05, 4.69) is 10.6 Å². The lowest BCUT2D eigenvalue weighted by atomic mass is 9.78. The van der Waals surface area contributed by atoms with Crippen LogP contribution < -0.4 is 10.6 Å². The van der Waals surface area contributed by atoms with Crippen LogP contribution in [-0.4, -0.2) is 140 Å². The molecule has 3 heterocycles. The van der Waals surface area contributed by atoms with Crippen molar-refractivity contribution in [3.8, 4) is 0 Å². The zero-order chi connectivity index (χ0) is 36.3. The summed E-state index contributed by atoms with van der Waals surface area (Å²) in [6.45, 7) is 14.9. The summed E-state index contributed by atoms with van der Waals surface area (Å²) in [5.41, 5.74) is -2.25. The number of carbonyl (C=O) groups is 4. The van der Waals surface area contributed by atoms with Crippen molar-refractivity contribution in [3.63, 3.8) is 0 Å². The highest BCUT2D eigenvalue weighted by molar-refractivity contribution is 6.00. The van der Waals surface area contributed by atoms with Gasteiger partial charge in [0.15, 0.2) is 17.7 Å². The van der Waals surface area contributed by atoms with Crippen molar-refractivity contribution in [3.05, 3.63) is 0 Å². The molecule has 3 aliphatic heterocycles. The number of methoxy groups -OCH3 is 1. The van der Waals surface area contributed by atoms with Gasteiger partial charge in [-0.1, -0.05) is 20.8 Å². The lowest BCUT2D eigenvalue weighted by molar-refractivity contribution is -0.298. The number of amides is 2. The number of nitrogens with zero attached hydrogens (tertiary/aromatic N) is 2. The van der Waals surface area contributed by atoms with Crippen LogP contribution in [0.4, 0.5) is 4.79 Å². The summed E-state index contributed by atoms with van der Waals surface area (Å²) in [5.74, 6) is -3.38. The summed E-state index contributed by atoms with van der Waals surface area (Å²) in [5, 5.41) is 17.9. The van der Waals surface area contributed by atoms with Crippen molar-refractivity contribution in [2.75, 3.05) is 41.3 Å². The lowest BCUT2D eigenvalue weighted by Crippen LogP contribution is -2.60. The molecule has 0 aromatic heterocycles. The highest BCUT2D eigenvalue weighted by Crippen LogP contribution is 2.37. The van der Waals surface area contributed by atoms with Gasteiger partial charge in [-0.3, -0.25) is 14.4 Å². The van der Waals surface area contributed by atoms with E-state index in [-0.39, 0.29) is 23.9 Å². The monoisotopic (exact) mass is 684 g/mol. The Kier molecular flexibility index (Phi) is 13.5. The van der Waals surface area contributed by atoms with Crippen molar-refractivity contribution in [1.82, 2.24) is 20.4 Å². The van der Waals surface area contributed by atoms with E-state index >= 15 is 0 Å². The summed E-state index contributed by atoms with van der Waals surface area (Å²) in [6, 6.07) is -1.14. The van der Waals surface area contributed by atoms with E-state index in [0.29, 0.717) is 32.4 Å². The molecule has 48 heavy (non-hydrogen) atoms. The van der Waals surface area contributed by atoms with Gasteiger partial charge in [-0.15, -0.1) is 0 Å². The molecule has 0 aromatic rings. The number of nitrogens with one attached hydrogen (secondary N) is 2. The van der Waals surface area contributed by atoms with Gasteiger partial charge < -0.3 is 49.2 Å². The maximum Gasteiger partial charge on any atom is 0.408 e. The van der Waals surface area contributed by atoms with Crippen LogP contribution in [0.1, 0.15) is 74.7 Å². The SMILES string of the molecule is CC[C@H]1OC(=O)C(C)C(=O)[C@H](C)[C@@H](OC2OC(CN(C)C(C)=O)CC(N(C)C)C2O)[C@](C)(OC)C[C@@H](C)CN[C@H](C)[C@H]2NC(=O)O[C@@]21C. The number of likely N-dealkylation sites (N-methyl/N-ethyl adjacent to an activating group) is 2. The molecule has 3 aliphatic rings. The molecule has 3 fully saturated rings. The number of carbonyl (C=O) groups excluding carboxylic acids is 4. The van der Waals surface area contributed by atoms with Gasteiger partial charge >= 0.3 is 12.1 Å². The van der Waals surface area contributed by atoms with E-state index in [1.165, 1.54) is 13.8 Å². The van der Waals surface area contributed by atoms with E-state index in [4.69, 9.17) is 23.7 Å². The fraction of sp³-hybridized carbons (Fsp3) is 0.882. The summed E-state index contributed by atoms with van der Waals surface area (Å²) in [4.78, 5) is 55.8. The topological polar surface area (TPSA) is 165 Å². The standard InChI is InChI=1S/C34H60N4O10/c1-13-25-34(8)28(36-32(43)48-34)21(5)35-16-18(2)15-33(7,44-12)29(19(3)26(40)20(4)30(42)46-25)47-31-27(41)24(37(9)10)14-23(45-31)17-38(11)22(6)39/h18-21,23-25,27-29,31,35,41H,13-17H2,1-12H3,(H,36,43)/t18-,19+,20?,21-,23?,24?,25-,27?,28-,29-,31?,33-,34-/m1/s1. The summed E-state index contributed by atoms with van der Waals surface area (Å²) < 4.78 is 30.8. The zero-order valence-electron chi connectivity index (χ0n) is 30.9. The number of ketones is 1. The van der Waals surface area contributed by atoms with E-state index < -0.39 is 77.6 Å². The first kappa shape index (κ1) is 40.1. The molecule has 3 saturated heterocycles. The molecule has 3 N–H and O–H groups in total. The number of Topliss-reactive ketones (excluding diaryl/α,β-unsaturated/α-hetero) is 1. The second-order valence-corrected chi connectivity index (χ2v) is 14.8. The van der Waals surface area contributed by atoms with E-state index in [9.17, 15) is 24.3 Å². The second kappa shape index (κ2) is 16.1. The first-order valence-electron chi connectivity index (χ1n) is 17.2. The number of ether oxygens (including phenoxy) is 5. The number of hydrogen-bond acceptors (Lipinski definition) is 12. The van der Waals surface area contributed by atoms with Crippen LogP contribution in [0.15, 0.2) is 0 Å². The highest BCUT2D eigenvalue weighted by Gasteiger charge is 2.55. The molecule has 0 radical (unpaired) electrons. The van der Waals surface area contributed by atoms with Crippen molar-refractivity contribution < 1.29 is 48.0 Å². The maximum atomic E-state index is 14.2. The first-order valence-corrected chi connectivity index (χ1v) is 17.2. The minimum Gasteiger partial charge on any atom is -0.458 e. The maximum absolute atomic E-state index is 14.2. The van der Waals surface area contributed by atoms with Crippen molar-refractivity contribution in [2.24, 2.45) is 17.8 Å². The normalized spacial score (nSPS) is 41.8. The van der Waals surface area contributed by atoms with E-state index in [1.807, 2.05) is 46.7 Å². The number of cyclic esters (lactones) is 1. The van der Waals surface area contributed by atoms with Crippen LogP contribution in [0.5, 0.6) is 0 Å². The van der Waals surface area contributed by atoms with Gasteiger partial charge in [-0.2, -0.15) is 0 Å². The summed E-state index contributed by atoms with van der Waals surface area (Å²) in [6.07, 6.45) is -3.81. The number of alkyl carbamates (subject to hydrolysis) is 1. The van der Waals surface area contributed by atoms with Gasteiger partial charge in [-0.25, -0.2) is 4.79 Å². The fourth-order valence-electron chi connectivity index (χ4n) is 7.57. The molecule has 14 nitrogen and oxygen atoms in total. The Labute approximate surface area is 285 Å².